The van der Waals surface area contributed by atoms with Crippen molar-refractivity contribution < 1.29 is 0 Å². The van der Waals surface area contributed by atoms with Gasteiger partial charge in [0.2, 0.25) is 0 Å². The van der Waals surface area contributed by atoms with Crippen molar-refractivity contribution in [1.82, 2.24) is 15.0 Å². The van der Waals surface area contributed by atoms with E-state index < -0.39 is 0 Å². The number of benzene rings is 11. The molecule has 0 aliphatic rings. The molecule has 0 aliphatic carbocycles. The molecule has 4 heteroatoms. The zero-order valence-electron chi connectivity index (χ0n) is 35.1. The molecular formula is C61H37N3S. The maximum atomic E-state index is 5.19. The van der Waals surface area contributed by atoms with Crippen molar-refractivity contribution in [1.29, 1.82) is 0 Å². The van der Waals surface area contributed by atoms with Crippen molar-refractivity contribution in [3.63, 3.8) is 0 Å². The summed E-state index contributed by atoms with van der Waals surface area (Å²) in [5.74, 6) is 1.91. The lowest BCUT2D eigenvalue weighted by Crippen LogP contribution is -2.00. The van der Waals surface area contributed by atoms with Crippen molar-refractivity contribution in [3.05, 3.63) is 224 Å². The summed E-state index contributed by atoms with van der Waals surface area (Å²) < 4.78 is 2.61. The van der Waals surface area contributed by atoms with Crippen LogP contribution in [0, 0.1) is 0 Å². The SMILES string of the molecule is c1ccc(-c2nc(-c3cccc(-c4ccc5cc(-c6cccc7ccccc67)cc(-c6ccc7sc8ccccc8c7c6)c5c4)c3)nc(-c3ccc4c(ccc5ccccc54)c3)n2)cc1. The maximum Gasteiger partial charge on any atom is 0.164 e. The van der Waals surface area contributed by atoms with Gasteiger partial charge in [-0.25, -0.2) is 15.0 Å². The van der Waals surface area contributed by atoms with Crippen LogP contribution in [0.15, 0.2) is 224 Å². The Labute approximate surface area is 379 Å². The van der Waals surface area contributed by atoms with Crippen LogP contribution in [0.1, 0.15) is 0 Å². The van der Waals surface area contributed by atoms with Gasteiger partial charge in [0.25, 0.3) is 0 Å². The molecule has 0 saturated carbocycles. The van der Waals surface area contributed by atoms with E-state index in [1.807, 2.05) is 29.5 Å². The Morgan fingerprint density at radius 1 is 0.231 bits per heavy atom. The van der Waals surface area contributed by atoms with E-state index in [-0.39, 0.29) is 0 Å². The van der Waals surface area contributed by atoms with Gasteiger partial charge in [0, 0.05) is 36.9 Å². The third-order valence-electron chi connectivity index (χ3n) is 12.9. The minimum absolute atomic E-state index is 0.631. The molecule has 0 N–H and O–H groups in total. The van der Waals surface area contributed by atoms with Gasteiger partial charge in [-0.3, -0.25) is 0 Å². The van der Waals surface area contributed by atoms with Gasteiger partial charge >= 0.3 is 0 Å². The third-order valence-corrected chi connectivity index (χ3v) is 14.0. The third kappa shape index (κ3) is 6.54. The second-order valence-electron chi connectivity index (χ2n) is 16.8. The topological polar surface area (TPSA) is 38.7 Å². The summed E-state index contributed by atoms with van der Waals surface area (Å²) in [4.78, 5) is 15.4. The fourth-order valence-electron chi connectivity index (χ4n) is 9.64. The van der Waals surface area contributed by atoms with Crippen molar-refractivity contribution in [2.75, 3.05) is 0 Å². The minimum atomic E-state index is 0.631. The lowest BCUT2D eigenvalue weighted by atomic mass is 9.89. The first-order valence-corrected chi connectivity index (χ1v) is 22.8. The van der Waals surface area contributed by atoms with Crippen LogP contribution in [0.2, 0.25) is 0 Å². The molecule has 0 atom stereocenters. The van der Waals surface area contributed by atoms with Gasteiger partial charge in [-0.15, -0.1) is 11.3 Å². The summed E-state index contributed by atoms with van der Waals surface area (Å²) in [5, 5.41) is 12.3. The van der Waals surface area contributed by atoms with Crippen molar-refractivity contribution >= 4 is 74.6 Å². The Kier molecular flexibility index (Phi) is 8.71. The molecule has 302 valence electrons. The molecule has 0 amide bonds. The van der Waals surface area contributed by atoms with Crippen molar-refractivity contribution in [3.8, 4) is 67.5 Å². The second kappa shape index (κ2) is 15.2. The van der Waals surface area contributed by atoms with Crippen molar-refractivity contribution in [2.24, 2.45) is 0 Å². The summed E-state index contributed by atoms with van der Waals surface area (Å²) in [6.07, 6.45) is 0. The monoisotopic (exact) mass is 843 g/mol. The fraction of sp³-hybridized carbons (Fsp3) is 0. The molecule has 0 unspecified atom stereocenters. The molecule has 0 saturated heterocycles. The van der Waals surface area contributed by atoms with Gasteiger partial charge in [-0.1, -0.05) is 176 Å². The highest BCUT2D eigenvalue weighted by Gasteiger charge is 2.17. The van der Waals surface area contributed by atoms with E-state index in [4.69, 9.17) is 15.0 Å². The molecule has 0 spiro atoms. The first-order chi connectivity index (χ1) is 32.2. The minimum Gasteiger partial charge on any atom is -0.208 e. The number of fused-ring (bicyclic) bond motifs is 8. The van der Waals surface area contributed by atoms with Crippen LogP contribution in [0.4, 0.5) is 0 Å². The highest BCUT2D eigenvalue weighted by atomic mass is 32.1. The quantitative estimate of drug-likeness (QED) is 0.157. The van der Waals surface area contributed by atoms with Crippen LogP contribution >= 0.6 is 11.3 Å². The molecule has 13 rings (SSSR count). The highest BCUT2D eigenvalue weighted by molar-refractivity contribution is 7.25. The number of rotatable bonds is 6. The number of hydrogen-bond acceptors (Lipinski definition) is 4. The van der Waals surface area contributed by atoms with E-state index in [0.717, 1.165) is 33.2 Å². The largest absolute Gasteiger partial charge is 0.208 e. The number of thiophene rings is 1. The smallest absolute Gasteiger partial charge is 0.164 e. The van der Waals surface area contributed by atoms with E-state index in [9.17, 15) is 0 Å². The number of nitrogens with zero attached hydrogens (tertiary/aromatic N) is 3. The average Bonchev–Trinajstić information content (AvgIpc) is 3.76. The normalized spacial score (nSPS) is 11.7. The molecule has 2 heterocycles. The average molecular weight is 844 g/mol. The summed E-state index contributed by atoms with van der Waals surface area (Å²) in [5.41, 5.74) is 9.88. The summed E-state index contributed by atoms with van der Waals surface area (Å²) in [6, 6.07) is 80.9. The number of aromatic nitrogens is 3. The maximum absolute atomic E-state index is 5.19. The lowest BCUT2D eigenvalue weighted by molar-refractivity contribution is 1.07. The Morgan fingerprint density at radius 3 is 1.62 bits per heavy atom. The van der Waals surface area contributed by atoms with Crippen LogP contribution in [-0.4, -0.2) is 15.0 Å². The van der Waals surface area contributed by atoms with Crippen LogP contribution in [0.3, 0.4) is 0 Å². The molecule has 11 aromatic carbocycles. The fourth-order valence-corrected chi connectivity index (χ4v) is 10.7. The molecule has 0 radical (unpaired) electrons. The molecule has 13 aromatic rings. The molecule has 65 heavy (non-hydrogen) atoms. The van der Waals surface area contributed by atoms with E-state index in [0.29, 0.717) is 17.5 Å². The molecule has 0 aliphatic heterocycles. The van der Waals surface area contributed by atoms with Crippen LogP contribution < -0.4 is 0 Å². The predicted octanol–water partition coefficient (Wildman–Crippen LogP) is 16.9. The first kappa shape index (κ1) is 37.3. The standard InChI is InChI=1S/C61H37N3S/c1-2-14-40(15-3-1)59-62-60(64-61(63-59)47-28-30-52-43(33-47)26-24-39-13-5-7-20-50(39)52)46-18-10-17-41(32-46)42-25-27-44-34-48(51-22-11-16-38-12-4-6-19-49(38)51)37-55(54(44)35-42)45-29-31-58-56(36-45)53-21-8-9-23-57(53)65-58/h1-37H. The molecule has 0 bridgehead atoms. The van der Waals surface area contributed by atoms with Crippen LogP contribution in [0.25, 0.3) is 131 Å². The summed E-state index contributed by atoms with van der Waals surface area (Å²) in [6.45, 7) is 0. The molecule has 2 aromatic heterocycles. The van der Waals surface area contributed by atoms with Gasteiger partial charge < -0.3 is 0 Å². The zero-order valence-corrected chi connectivity index (χ0v) is 35.9. The van der Waals surface area contributed by atoms with Crippen LogP contribution in [0.5, 0.6) is 0 Å². The Hall–Kier alpha value is -8.31. The molecule has 0 fully saturated rings. The lowest BCUT2D eigenvalue weighted by Gasteiger charge is -2.15. The molecule has 3 nitrogen and oxygen atoms in total. The summed E-state index contributed by atoms with van der Waals surface area (Å²) >= 11 is 1.86. The molecular weight excluding hydrogens is 807 g/mol. The van der Waals surface area contributed by atoms with Crippen LogP contribution in [-0.2, 0) is 0 Å². The second-order valence-corrected chi connectivity index (χ2v) is 17.9. The van der Waals surface area contributed by atoms with E-state index in [2.05, 4.69) is 206 Å². The predicted molar refractivity (Wildman–Crippen MR) is 275 cm³/mol. The van der Waals surface area contributed by atoms with E-state index in [1.54, 1.807) is 0 Å². The zero-order chi connectivity index (χ0) is 42.8. The van der Waals surface area contributed by atoms with E-state index in [1.165, 1.54) is 80.1 Å². The Balaban J connectivity index is 0.960. The summed E-state index contributed by atoms with van der Waals surface area (Å²) in [7, 11) is 0. The Bertz CT molecular complexity index is 4010. The van der Waals surface area contributed by atoms with E-state index >= 15 is 0 Å². The Morgan fingerprint density at radius 2 is 0.754 bits per heavy atom. The highest BCUT2D eigenvalue weighted by Crippen LogP contribution is 2.42. The number of hydrogen-bond donors (Lipinski definition) is 0. The van der Waals surface area contributed by atoms with Gasteiger partial charge in [-0.2, -0.15) is 0 Å². The van der Waals surface area contributed by atoms with Gasteiger partial charge in [0.15, 0.2) is 17.5 Å². The van der Waals surface area contributed by atoms with Gasteiger partial charge in [0.1, 0.15) is 0 Å². The van der Waals surface area contributed by atoms with Crippen molar-refractivity contribution in [2.45, 2.75) is 0 Å². The first-order valence-electron chi connectivity index (χ1n) is 22.0. The van der Waals surface area contributed by atoms with Gasteiger partial charge in [-0.05, 0) is 125 Å². The van der Waals surface area contributed by atoms with Gasteiger partial charge in [0.05, 0.1) is 0 Å².